The van der Waals surface area contributed by atoms with Crippen molar-refractivity contribution in [2.45, 2.75) is 334 Å². The number of likely N-dealkylation sites (N-methyl/N-ethyl adjacent to an activating group) is 1. The van der Waals surface area contributed by atoms with Crippen molar-refractivity contribution in [3.63, 3.8) is 0 Å². The Morgan fingerprint density at radius 1 is 0.356 bits per heavy atom. The number of carbonyl (C=O) groups excluding carboxylic acids is 3. The summed E-state index contributed by atoms with van der Waals surface area (Å²) in [5.41, 5.74) is 0. The molecule has 87 heavy (non-hydrogen) atoms. The van der Waals surface area contributed by atoms with Crippen LogP contribution in [0.25, 0.3) is 0 Å². The molecule has 0 saturated heterocycles. The Morgan fingerprint density at radius 2 is 0.655 bits per heavy atom. The lowest BCUT2D eigenvalue weighted by Gasteiger charge is -2.26. The molecule has 0 spiro atoms. The van der Waals surface area contributed by atoms with Crippen LogP contribution in [0.5, 0.6) is 0 Å². The highest BCUT2D eigenvalue weighted by molar-refractivity contribution is 5.70. The second kappa shape index (κ2) is 68.1. The van der Waals surface area contributed by atoms with Crippen LogP contribution >= 0.6 is 0 Å². The molecule has 502 valence electrons. The minimum Gasteiger partial charge on any atom is -0.545 e. The maximum atomic E-state index is 12.9. The first-order valence-electron chi connectivity index (χ1n) is 36.4. The Bertz CT molecular complexity index is 1750. The molecule has 9 nitrogen and oxygen atoms in total. The van der Waals surface area contributed by atoms with Crippen molar-refractivity contribution in [3.8, 4) is 0 Å². The van der Waals surface area contributed by atoms with Crippen molar-refractivity contribution in [3.05, 3.63) is 97.2 Å². The molecule has 0 N–H and O–H groups in total. The molecule has 0 bridgehead atoms. The van der Waals surface area contributed by atoms with E-state index in [-0.39, 0.29) is 38.6 Å². The first kappa shape index (κ1) is 83.2. The number of carboxylic acids is 1. The normalized spacial score (nSPS) is 13.3. The van der Waals surface area contributed by atoms with Crippen LogP contribution in [0.2, 0.25) is 0 Å². The highest BCUT2D eigenvalue weighted by Crippen LogP contribution is 2.18. The van der Waals surface area contributed by atoms with Crippen LogP contribution in [0.15, 0.2) is 97.2 Å². The predicted molar refractivity (Wildman–Crippen MR) is 371 cm³/mol. The largest absolute Gasteiger partial charge is 0.545 e. The molecule has 2 atom stereocenters. The topological polar surface area (TPSA) is 111 Å². The molecule has 0 aromatic rings. The van der Waals surface area contributed by atoms with Crippen molar-refractivity contribution in [1.82, 2.24) is 0 Å². The lowest BCUT2D eigenvalue weighted by Crippen LogP contribution is -2.44. The number of unbranched alkanes of at least 4 members (excludes halogenated alkanes) is 36. The number of ether oxygens (including phenoxy) is 4. The van der Waals surface area contributed by atoms with Gasteiger partial charge in [-0.3, -0.25) is 9.59 Å². The minimum atomic E-state index is -1.63. The van der Waals surface area contributed by atoms with Crippen molar-refractivity contribution >= 4 is 17.9 Å². The lowest BCUT2D eigenvalue weighted by molar-refractivity contribution is -0.870. The number of nitrogens with zero attached hydrogens (tertiary/aromatic N) is 1. The van der Waals surface area contributed by atoms with Gasteiger partial charge in [0.05, 0.1) is 40.3 Å². The third kappa shape index (κ3) is 69.5. The molecular formula is C78H137NO8. The van der Waals surface area contributed by atoms with Crippen LogP contribution < -0.4 is 5.11 Å². The Hall–Kier alpha value is -3.79. The van der Waals surface area contributed by atoms with E-state index in [2.05, 4.69) is 111 Å². The fourth-order valence-corrected chi connectivity index (χ4v) is 10.3. The van der Waals surface area contributed by atoms with Gasteiger partial charge in [-0.2, -0.15) is 0 Å². The SMILES string of the molecule is CC/C=C\C/C=C\C/C=C\C/C=C\C/C=C\CCCCCCCCCCCCCCCCCCCCCCCCCC(=O)OC(COC(=O)CCCCCCCCCC/C=C\C/C=C\C/C=C\CCCCCCC)COC(OCC[N+](C)(C)C)C(=O)[O-]. The fourth-order valence-electron chi connectivity index (χ4n) is 10.3. The average molecular weight is 1220 g/mol. The molecular weight excluding hydrogens is 1080 g/mol. The number of rotatable bonds is 67. The standard InChI is InChI=1S/C78H137NO8/c1-6-8-10-12-14-16-18-20-22-24-26-28-30-31-32-33-34-35-36-37-38-39-40-41-42-43-44-45-47-49-51-53-55-57-59-61-63-65-67-69-76(81)87-74(73-86-78(77(82)83)84-71-70-79(3,4)5)72-85-75(80)68-66-64-62-60-58-56-54-52-50-48-46-29-27-25-23-21-19-17-15-13-11-9-7-2/h8,10,14,16,19-22,25-28,31-32,46,48,74,78H,6-7,9,11-13,15,17-18,23-24,29-30,33-45,47,49-73H2,1-5H3/b10-8-,16-14-,21-19-,22-20-,27-25-,28-26-,32-31-,48-46-. The van der Waals surface area contributed by atoms with Crippen molar-refractivity contribution in [2.24, 2.45) is 0 Å². The predicted octanol–water partition coefficient (Wildman–Crippen LogP) is 21.5. The summed E-state index contributed by atoms with van der Waals surface area (Å²) in [5, 5.41) is 11.8. The Balaban J connectivity index is 4.03. The van der Waals surface area contributed by atoms with E-state index in [4.69, 9.17) is 18.9 Å². The van der Waals surface area contributed by atoms with Crippen LogP contribution in [0.3, 0.4) is 0 Å². The molecule has 0 aliphatic heterocycles. The van der Waals surface area contributed by atoms with Gasteiger partial charge in [-0.05, 0) is 96.3 Å². The molecule has 0 aliphatic rings. The summed E-state index contributed by atoms with van der Waals surface area (Å²) in [7, 11) is 5.93. The number of carbonyl (C=O) groups is 3. The monoisotopic (exact) mass is 1220 g/mol. The first-order chi connectivity index (χ1) is 42.6. The van der Waals surface area contributed by atoms with Gasteiger partial charge in [-0.15, -0.1) is 0 Å². The quantitative estimate of drug-likeness (QED) is 0.0195. The molecule has 2 unspecified atom stereocenters. The molecule has 9 heteroatoms. The lowest BCUT2D eigenvalue weighted by atomic mass is 10.0. The molecule has 0 saturated carbocycles. The number of carboxylic acid groups (broad SMARTS) is 1. The summed E-state index contributed by atoms with van der Waals surface area (Å²) in [4.78, 5) is 37.5. The molecule has 0 fully saturated rings. The number of allylic oxidation sites excluding steroid dienone is 16. The Morgan fingerprint density at radius 3 is 0.977 bits per heavy atom. The zero-order valence-corrected chi connectivity index (χ0v) is 57.4. The summed E-state index contributed by atoms with van der Waals surface area (Å²) >= 11 is 0. The highest BCUT2D eigenvalue weighted by Gasteiger charge is 2.22. The molecule has 0 rings (SSSR count). The second-order valence-corrected chi connectivity index (χ2v) is 25.5. The first-order valence-corrected chi connectivity index (χ1v) is 36.4. The number of esters is 2. The van der Waals surface area contributed by atoms with Crippen LogP contribution in [0.1, 0.15) is 322 Å². The average Bonchev–Trinajstić information content (AvgIpc) is 3.55. The van der Waals surface area contributed by atoms with Gasteiger partial charge >= 0.3 is 11.9 Å². The zero-order chi connectivity index (χ0) is 63.3. The van der Waals surface area contributed by atoms with Gasteiger partial charge in [-0.1, -0.05) is 310 Å². The van der Waals surface area contributed by atoms with Gasteiger partial charge in [0.15, 0.2) is 12.4 Å². The van der Waals surface area contributed by atoms with E-state index in [9.17, 15) is 19.5 Å². The third-order valence-corrected chi connectivity index (χ3v) is 15.8. The van der Waals surface area contributed by atoms with Crippen molar-refractivity contribution < 1.29 is 42.9 Å². The summed E-state index contributed by atoms with van der Waals surface area (Å²) in [6.45, 7) is 4.65. The van der Waals surface area contributed by atoms with Gasteiger partial charge in [0.1, 0.15) is 13.2 Å². The van der Waals surface area contributed by atoms with E-state index in [1.807, 2.05) is 21.1 Å². The van der Waals surface area contributed by atoms with Crippen molar-refractivity contribution in [2.75, 3.05) is 47.5 Å². The number of hydrogen-bond acceptors (Lipinski definition) is 8. The minimum absolute atomic E-state index is 0.145. The van der Waals surface area contributed by atoms with E-state index < -0.39 is 24.3 Å². The van der Waals surface area contributed by atoms with E-state index in [0.717, 1.165) is 89.9 Å². The summed E-state index contributed by atoms with van der Waals surface area (Å²) in [6, 6.07) is 0. The molecule has 0 heterocycles. The van der Waals surface area contributed by atoms with Gasteiger partial charge in [0.25, 0.3) is 0 Å². The van der Waals surface area contributed by atoms with Crippen molar-refractivity contribution in [1.29, 1.82) is 0 Å². The van der Waals surface area contributed by atoms with Gasteiger partial charge in [-0.25, -0.2) is 0 Å². The second-order valence-electron chi connectivity index (χ2n) is 25.5. The van der Waals surface area contributed by atoms with Crippen LogP contribution in [0, 0.1) is 0 Å². The molecule has 0 amide bonds. The number of hydrogen-bond donors (Lipinski definition) is 0. The summed E-state index contributed by atoms with van der Waals surface area (Å²) in [5.74, 6) is -2.28. The number of aliphatic carboxylic acids is 1. The summed E-state index contributed by atoms with van der Waals surface area (Å²) in [6.07, 6.45) is 90.7. The van der Waals surface area contributed by atoms with Gasteiger partial charge in [0.2, 0.25) is 0 Å². The van der Waals surface area contributed by atoms with Gasteiger partial charge < -0.3 is 33.3 Å². The maximum absolute atomic E-state index is 12.9. The van der Waals surface area contributed by atoms with E-state index >= 15 is 0 Å². The smallest absolute Gasteiger partial charge is 0.306 e. The Kier molecular flexibility index (Phi) is 65.2. The zero-order valence-electron chi connectivity index (χ0n) is 57.4. The van der Waals surface area contributed by atoms with E-state index in [1.165, 1.54) is 199 Å². The fraction of sp³-hybridized carbons (Fsp3) is 0.756. The number of quaternary nitrogens is 1. The highest BCUT2D eigenvalue weighted by atomic mass is 16.7. The summed E-state index contributed by atoms with van der Waals surface area (Å²) < 4.78 is 22.8. The third-order valence-electron chi connectivity index (χ3n) is 15.8. The van der Waals surface area contributed by atoms with Crippen LogP contribution in [-0.2, 0) is 33.3 Å². The van der Waals surface area contributed by atoms with Gasteiger partial charge in [0, 0.05) is 12.8 Å². The van der Waals surface area contributed by atoms with Crippen LogP contribution in [0.4, 0.5) is 0 Å². The van der Waals surface area contributed by atoms with E-state index in [0.29, 0.717) is 17.4 Å². The molecule has 0 aliphatic carbocycles. The molecule has 0 aromatic heterocycles. The van der Waals surface area contributed by atoms with Crippen LogP contribution in [-0.4, -0.2) is 82.3 Å². The maximum Gasteiger partial charge on any atom is 0.306 e. The molecule has 0 aromatic carbocycles. The Labute approximate surface area is 537 Å². The molecule has 0 radical (unpaired) electrons. The van der Waals surface area contributed by atoms with E-state index in [1.54, 1.807) is 0 Å².